The molecule has 1 saturated heterocycles. The quantitative estimate of drug-likeness (QED) is 0.759. The summed E-state index contributed by atoms with van der Waals surface area (Å²) in [5, 5.41) is 0. The van der Waals surface area contributed by atoms with Gasteiger partial charge in [-0.3, -0.25) is 9.69 Å². The standard InChI is InChI=1S/C24H26N2O4/c1-24(2,3)30-23(28)26-15-21(27)25(14-16-8-6-5-7-9-16)20-13-17-12-18(29-4)10-11-19(17)22(20)26/h5-13,22H,14-15H2,1-4H3. The van der Waals surface area contributed by atoms with Crippen molar-refractivity contribution in [2.45, 2.75) is 39.0 Å². The number of hydrogen-bond acceptors (Lipinski definition) is 4. The molecule has 1 atom stereocenters. The third kappa shape index (κ3) is 3.77. The molecule has 1 unspecified atom stereocenters. The maximum absolute atomic E-state index is 13.1. The van der Waals surface area contributed by atoms with E-state index in [1.807, 2.05) is 75.4 Å². The molecule has 2 aliphatic rings. The first-order chi connectivity index (χ1) is 14.3. The zero-order valence-corrected chi connectivity index (χ0v) is 17.7. The lowest BCUT2D eigenvalue weighted by molar-refractivity contribution is -0.135. The van der Waals surface area contributed by atoms with Gasteiger partial charge in [0.15, 0.2) is 0 Å². The molecule has 2 aromatic rings. The van der Waals surface area contributed by atoms with Crippen LogP contribution in [0.5, 0.6) is 5.75 Å². The number of amides is 2. The van der Waals surface area contributed by atoms with Crippen LogP contribution >= 0.6 is 0 Å². The molecule has 30 heavy (non-hydrogen) atoms. The normalized spacial score (nSPS) is 17.9. The fraction of sp³-hybridized carbons (Fsp3) is 0.333. The van der Waals surface area contributed by atoms with Crippen LogP contribution in [0.4, 0.5) is 4.79 Å². The van der Waals surface area contributed by atoms with Gasteiger partial charge in [0.25, 0.3) is 0 Å². The van der Waals surface area contributed by atoms with Gasteiger partial charge in [-0.05, 0) is 55.7 Å². The highest BCUT2D eigenvalue weighted by Gasteiger charge is 2.44. The van der Waals surface area contributed by atoms with E-state index >= 15 is 0 Å². The SMILES string of the molecule is COc1ccc2c(c1)C=C1C2N(C(=O)OC(C)(C)C)CC(=O)N1Cc1ccccc1. The van der Waals surface area contributed by atoms with E-state index in [1.54, 1.807) is 12.0 Å². The van der Waals surface area contributed by atoms with Gasteiger partial charge in [-0.25, -0.2) is 4.79 Å². The van der Waals surface area contributed by atoms with Crippen LogP contribution in [0.25, 0.3) is 6.08 Å². The van der Waals surface area contributed by atoms with E-state index in [0.29, 0.717) is 6.54 Å². The summed E-state index contributed by atoms with van der Waals surface area (Å²) in [7, 11) is 1.62. The Morgan fingerprint density at radius 3 is 2.53 bits per heavy atom. The molecular formula is C24H26N2O4. The van der Waals surface area contributed by atoms with Crippen molar-refractivity contribution in [3.05, 3.63) is 70.9 Å². The average molecular weight is 406 g/mol. The second kappa shape index (κ2) is 7.52. The van der Waals surface area contributed by atoms with Crippen molar-refractivity contribution in [2.75, 3.05) is 13.7 Å². The van der Waals surface area contributed by atoms with E-state index in [1.165, 1.54) is 4.90 Å². The lowest BCUT2D eigenvalue weighted by Crippen LogP contribution is -2.52. The second-order valence-electron chi connectivity index (χ2n) is 8.54. The molecule has 1 aliphatic carbocycles. The van der Waals surface area contributed by atoms with Crippen molar-refractivity contribution in [3.8, 4) is 5.75 Å². The molecule has 156 valence electrons. The van der Waals surface area contributed by atoms with Crippen LogP contribution in [0, 0.1) is 0 Å². The van der Waals surface area contributed by atoms with Crippen LogP contribution in [0.15, 0.2) is 54.2 Å². The molecule has 0 spiro atoms. The number of ether oxygens (including phenoxy) is 2. The fourth-order valence-corrected chi connectivity index (χ4v) is 3.91. The number of benzene rings is 2. The average Bonchev–Trinajstić information content (AvgIpc) is 3.07. The monoisotopic (exact) mass is 406 g/mol. The van der Waals surface area contributed by atoms with Crippen molar-refractivity contribution in [1.82, 2.24) is 9.80 Å². The van der Waals surface area contributed by atoms with Gasteiger partial charge in [0.2, 0.25) is 5.91 Å². The highest BCUT2D eigenvalue weighted by Crippen LogP contribution is 2.45. The van der Waals surface area contributed by atoms with Gasteiger partial charge >= 0.3 is 6.09 Å². The topological polar surface area (TPSA) is 59.1 Å². The minimum Gasteiger partial charge on any atom is -0.497 e. The molecule has 6 heteroatoms. The predicted molar refractivity (Wildman–Crippen MR) is 114 cm³/mol. The van der Waals surface area contributed by atoms with Crippen molar-refractivity contribution in [2.24, 2.45) is 0 Å². The maximum Gasteiger partial charge on any atom is 0.411 e. The molecule has 2 amide bonds. The summed E-state index contributed by atoms with van der Waals surface area (Å²) in [6.45, 7) is 5.89. The first-order valence-corrected chi connectivity index (χ1v) is 10.0. The third-order valence-electron chi connectivity index (χ3n) is 5.21. The predicted octanol–water partition coefficient (Wildman–Crippen LogP) is 4.37. The molecular weight excluding hydrogens is 380 g/mol. The zero-order chi connectivity index (χ0) is 21.5. The molecule has 1 fully saturated rings. The number of rotatable bonds is 3. The van der Waals surface area contributed by atoms with Gasteiger partial charge in [0.1, 0.15) is 23.9 Å². The Hall–Kier alpha value is -3.28. The van der Waals surface area contributed by atoms with Crippen LogP contribution in [-0.2, 0) is 16.1 Å². The number of methoxy groups -OCH3 is 1. The Morgan fingerprint density at radius 1 is 1.13 bits per heavy atom. The summed E-state index contributed by atoms with van der Waals surface area (Å²) in [6, 6.07) is 15.2. The van der Waals surface area contributed by atoms with Crippen molar-refractivity contribution in [3.63, 3.8) is 0 Å². The number of hydrogen-bond donors (Lipinski definition) is 0. The van der Waals surface area contributed by atoms with E-state index in [4.69, 9.17) is 9.47 Å². The summed E-state index contributed by atoms with van der Waals surface area (Å²) >= 11 is 0. The first-order valence-electron chi connectivity index (χ1n) is 10.0. The summed E-state index contributed by atoms with van der Waals surface area (Å²) in [6.07, 6.45) is 1.48. The minimum atomic E-state index is -0.646. The summed E-state index contributed by atoms with van der Waals surface area (Å²) in [5.74, 6) is 0.598. The smallest absolute Gasteiger partial charge is 0.411 e. The zero-order valence-electron chi connectivity index (χ0n) is 17.7. The van der Waals surface area contributed by atoms with Crippen LogP contribution in [0.1, 0.15) is 43.5 Å². The first kappa shape index (κ1) is 20.0. The molecule has 1 heterocycles. The van der Waals surface area contributed by atoms with Crippen molar-refractivity contribution >= 4 is 18.1 Å². The van der Waals surface area contributed by atoms with Gasteiger partial charge in [0, 0.05) is 5.70 Å². The molecule has 4 rings (SSSR count). The van der Waals surface area contributed by atoms with Crippen molar-refractivity contribution in [1.29, 1.82) is 0 Å². The number of carbonyl (C=O) groups excluding carboxylic acids is 2. The second-order valence-corrected chi connectivity index (χ2v) is 8.54. The van der Waals surface area contributed by atoms with E-state index in [0.717, 1.165) is 28.1 Å². The molecule has 0 aromatic heterocycles. The van der Waals surface area contributed by atoms with E-state index in [9.17, 15) is 9.59 Å². The van der Waals surface area contributed by atoms with E-state index in [-0.39, 0.29) is 18.5 Å². The van der Waals surface area contributed by atoms with Gasteiger partial charge in [-0.15, -0.1) is 0 Å². The van der Waals surface area contributed by atoms with Gasteiger partial charge in [0.05, 0.1) is 13.7 Å². The van der Waals surface area contributed by atoms with E-state index < -0.39 is 11.7 Å². The maximum atomic E-state index is 13.1. The van der Waals surface area contributed by atoms with Crippen LogP contribution in [0.3, 0.4) is 0 Å². The van der Waals surface area contributed by atoms with Gasteiger partial charge < -0.3 is 14.4 Å². The molecule has 0 bridgehead atoms. The number of fused-ring (bicyclic) bond motifs is 3. The lowest BCUT2D eigenvalue weighted by atomic mass is 10.0. The van der Waals surface area contributed by atoms with Crippen LogP contribution in [0.2, 0.25) is 0 Å². The fourth-order valence-electron chi connectivity index (χ4n) is 3.91. The molecule has 2 aromatic carbocycles. The molecule has 0 saturated carbocycles. The van der Waals surface area contributed by atoms with Crippen LogP contribution in [-0.4, -0.2) is 41.1 Å². The van der Waals surface area contributed by atoms with Gasteiger partial charge in [-0.2, -0.15) is 0 Å². The Bertz CT molecular complexity index is 1010. The Balaban J connectivity index is 1.74. The number of nitrogens with zero attached hydrogens (tertiary/aromatic N) is 2. The Kier molecular flexibility index (Phi) is 5.02. The minimum absolute atomic E-state index is 0.0325. The summed E-state index contributed by atoms with van der Waals surface area (Å²) < 4.78 is 11.0. The highest BCUT2D eigenvalue weighted by atomic mass is 16.6. The highest BCUT2D eigenvalue weighted by molar-refractivity contribution is 5.89. The lowest BCUT2D eigenvalue weighted by Gasteiger charge is -2.41. The number of piperazine rings is 1. The third-order valence-corrected chi connectivity index (χ3v) is 5.21. The van der Waals surface area contributed by atoms with Gasteiger partial charge in [-0.1, -0.05) is 36.4 Å². The number of carbonyl (C=O) groups is 2. The summed E-state index contributed by atoms with van der Waals surface area (Å²) in [4.78, 5) is 29.4. The molecule has 6 nitrogen and oxygen atoms in total. The largest absolute Gasteiger partial charge is 0.497 e. The molecule has 0 radical (unpaired) electrons. The molecule has 1 aliphatic heterocycles. The summed E-state index contributed by atoms with van der Waals surface area (Å²) in [5.41, 5.74) is 3.07. The van der Waals surface area contributed by atoms with Crippen molar-refractivity contribution < 1.29 is 19.1 Å². The Labute approximate surface area is 176 Å². The van der Waals surface area contributed by atoms with E-state index in [2.05, 4.69) is 0 Å². The Morgan fingerprint density at radius 2 is 1.87 bits per heavy atom. The van der Waals surface area contributed by atoms with Crippen LogP contribution < -0.4 is 4.74 Å². The molecule has 0 N–H and O–H groups in total.